The number of esters is 1. The van der Waals surface area contributed by atoms with Gasteiger partial charge in [0.15, 0.2) is 5.17 Å². The van der Waals surface area contributed by atoms with E-state index in [1.54, 1.807) is 0 Å². The third-order valence-electron chi connectivity index (χ3n) is 6.09. The second-order valence-electron chi connectivity index (χ2n) is 8.40. The van der Waals surface area contributed by atoms with Gasteiger partial charge < -0.3 is 9.64 Å². The van der Waals surface area contributed by atoms with Crippen LogP contribution in [0.15, 0.2) is 76.8 Å². The zero-order valence-corrected chi connectivity index (χ0v) is 20.3. The van der Waals surface area contributed by atoms with Crippen molar-refractivity contribution in [2.75, 3.05) is 19.7 Å². The van der Waals surface area contributed by atoms with E-state index in [0.717, 1.165) is 22.5 Å². The fourth-order valence-corrected chi connectivity index (χ4v) is 5.22. The Morgan fingerprint density at radius 2 is 1.77 bits per heavy atom. The molecule has 0 unspecified atom stereocenters. The van der Waals surface area contributed by atoms with E-state index in [9.17, 15) is 9.59 Å². The molecule has 1 amide bonds. The fraction of sp³-hybridized carbons (Fsp3) is 0.259. The molecule has 8 heteroatoms. The molecule has 0 spiro atoms. The average molecular weight is 487 g/mol. The van der Waals surface area contributed by atoms with Crippen molar-refractivity contribution in [2.45, 2.75) is 19.8 Å². The number of thioether (sulfide) groups is 1. The van der Waals surface area contributed by atoms with Crippen LogP contribution in [0.3, 0.4) is 0 Å². The molecule has 0 N–H and O–H groups in total. The Balaban J connectivity index is 1.37. The molecule has 0 radical (unpaired) electrons. The van der Waals surface area contributed by atoms with Crippen molar-refractivity contribution in [1.29, 1.82) is 0 Å². The molecule has 3 aromatic rings. The highest BCUT2D eigenvalue weighted by atomic mass is 32.2. The molecule has 1 fully saturated rings. The maximum atomic E-state index is 12.8. The molecular formula is C27H26N4O3S. The number of carbonyl (C=O) groups excluding carboxylic acids is 2. The van der Waals surface area contributed by atoms with Gasteiger partial charge in [0.05, 0.1) is 28.8 Å². The van der Waals surface area contributed by atoms with E-state index in [2.05, 4.69) is 9.89 Å². The lowest BCUT2D eigenvalue weighted by Crippen LogP contribution is -2.39. The van der Waals surface area contributed by atoms with Crippen LogP contribution >= 0.6 is 11.8 Å². The van der Waals surface area contributed by atoms with Crippen LogP contribution in [0.4, 0.5) is 0 Å². The molecule has 35 heavy (non-hydrogen) atoms. The molecule has 0 aliphatic carbocycles. The maximum absolute atomic E-state index is 12.8. The van der Waals surface area contributed by atoms with Crippen molar-refractivity contribution in [1.82, 2.24) is 14.7 Å². The maximum Gasteiger partial charge on any atom is 0.309 e. The van der Waals surface area contributed by atoms with Gasteiger partial charge in [-0.1, -0.05) is 48.5 Å². The Kier molecular flexibility index (Phi) is 6.81. The minimum atomic E-state index is -0.246. The number of likely N-dealkylation sites (tertiary alicyclic amines) is 1. The Hall–Kier alpha value is -3.65. The van der Waals surface area contributed by atoms with E-state index in [4.69, 9.17) is 9.84 Å². The van der Waals surface area contributed by atoms with Crippen LogP contribution < -0.4 is 0 Å². The number of aromatic nitrogens is 2. The van der Waals surface area contributed by atoms with Gasteiger partial charge in [-0.3, -0.25) is 9.59 Å². The van der Waals surface area contributed by atoms with E-state index < -0.39 is 0 Å². The number of benzene rings is 2. The van der Waals surface area contributed by atoms with Crippen molar-refractivity contribution in [3.8, 4) is 16.9 Å². The first-order valence-electron chi connectivity index (χ1n) is 11.8. The van der Waals surface area contributed by atoms with E-state index in [-0.39, 0.29) is 17.8 Å². The summed E-state index contributed by atoms with van der Waals surface area (Å²) in [4.78, 5) is 31.8. The number of nitrogens with zero attached hydrogens (tertiary/aromatic N) is 4. The van der Waals surface area contributed by atoms with E-state index >= 15 is 0 Å². The van der Waals surface area contributed by atoms with Gasteiger partial charge in [0, 0.05) is 30.4 Å². The molecule has 1 saturated heterocycles. The van der Waals surface area contributed by atoms with E-state index in [0.29, 0.717) is 42.6 Å². The van der Waals surface area contributed by atoms with Crippen LogP contribution in [0.25, 0.3) is 23.0 Å². The van der Waals surface area contributed by atoms with Crippen molar-refractivity contribution < 1.29 is 14.3 Å². The number of hydrogen-bond acceptors (Lipinski definition) is 6. The Morgan fingerprint density at radius 1 is 1.09 bits per heavy atom. The summed E-state index contributed by atoms with van der Waals surface area (Å²) >= 11 is 1.38. The number of aliphatic imine (C=N–C) groups is 1. The van der Waals surface area contributed by atoms with Gasteiger partial charge in [-0.15, -0.1) is 0 Å². The summed E-state index contributed by atoms with van der Waals surface area (Å²) in [5.74, 6) is -0.459. The standard InChI is InChI=1S/C27H26N4O3S/c1-2-34-26(33)20-13-15-30(16-14-20)27-28-25(32)23(35-27)17-21-18-31(22-11-7-4-8-12-22)29-24(21)19-9-5-3-6-10-19/h3-12,17-18,20H,2,13-16H2,1H3. The van der Waals surface area contributed by atoms with Crippen LogP contribution in [-0.4, -0.2) is 51.4 Å². The Labute approximate surface area is 208 Å². The topological polar surface area (TPSA) is 76.8 Å². The monoisotopic (exact) mass is 486 g/mol. The third-order valence-corrected chi connectivity index (χ3v) is 7.14. The first-order valence-corrected chi connectivity index (χ1v) is 12.6. The molecule has 178 valence electrons. The molecule has 1 aromatic heterocycles. The fourth-order valence-electron chi connectivity index (χ4n) is 4.27. The number of hydrogen-bond donors (Lipinski definition) is 0. The van der Waals surface area contributed by atoms with Gasteiger partial charge in [-0.25, -0.2) is 4.68 Å². The van der Waals surface area contributed by atoms with Crippen LogP contribution in [0.2, 0.25) is 0 Å². The molecule has 0 bridgehead atoms. The SMILES string of the molecule is CCOC(=O)C1CCN(C2=NC(=O)C(=Cc3cn(-c4ccccc4)nc3-c3ccccc3)S2)CC1. The van der Waals surface area contributed by atoms with Crippen LogP contribution in [0, 0.1) is 5.92 Å². The van der Waals surface area contributed by atoms with Crippen molar-refractivity contribution in [3.63, 3.8) is 0 Å². The molecule has 3 heterocycles. The summed E-state index contributed by atoms with van der Waals surface area (Å²) in [5, 5.41) is 5.52. The quantitative estimate of drug-likeness (QED) is 0.381. The molecule has 7 nitrogen and oxygen atoms in total. The van der Waals surface area contributed by atoms with Crippen molar-refractivity contribution in [3.05, 3.63) is 77.3 Å². The molecule has 2 aromatic carbocycles. The molecule has 5 rings (SSSR count). The van der Waals surface area contributed by atoms with E-state index in [1.807, 2.05) is 84.5 Å². The zero-order chi connectivity index (χ0) is 24.2. The number of ether oxygens (including phenoxy) is 1. The molecule has 0 atom stereocenters. The summed E-state index contributed by atoms with van der Waals surface area (Å²) in [7, 11) is 0. The number of carbonyl (C=O) groups is 2. The molecule has 2 aliphatic rings. The molecule has 0 saturated carbocycles. The Morgan fingerprint density at radius 3 is 2.46 bits per heavy atom. The summed E-state index contributed by atoms with van der Waals surface area (Å²) in [6, 6.07) is 19.8. The van der Waals surface area contributed by atoms with Crippen molar-refractivity contribution in [2.24, 2.45) is 10.9 Å². The third kappa shape index (κ3) is 5.07. The van der Waals surface area contributed by atoms with Crippen LogP contribution in [0.1, 0.15) is 25.3 Å². The first-order chi connectivity index (χ1) is 17.1. The molecule has 2 aliphatic heterocycles. The van der Waals surface area contributed by atoms with Gasteiger partial charge in [-0.2, -0.15) is 10.1 Å². The average Bonchev–Trinajstić information content (AvgIpc) is 3.49. The van der Waals surface area contributed by atoms with Gasteiger partial charge in [0.1, 0.15) is 0 Å². The lowest BCUT2D eigenvalue weighted by atomic mass is 9.97. The van der Waals surface area contributed by atoms with Gasteiger partial charge >= 0.3 is 5.97 Å². The highest BCUT2D eigenvalue weighted by molar-refractivity contribution is 8.18. The van der Waals surface area contributed by atoms with Gasteiger partial charge in [0.25, 0.3) is 5.91 Å². The highest BCUT2D eigenvalue weighted by Crippen LogP contribution is 2.34. The number of rotatable bonds is 5. The zero-order valence-electron chi connectivity index (χ0n) is 19.5. The van der Waals surface area contributed by atoms with Crippen LogP contribution in [0.5, 0.6) is 0 Å². The number of amidine groups is 1. The highest BCUT2D eigenvalue weighted by Gasteiger charge is 2.32. The predicted octanol–water partition coefficient (Wildman–Crippen LogP) is 4.78. The number of amides is 1. The molecular weight excluding hydrogens is 460 g/mol. The summed E-state index contributed by atoms with van der Waals surface area (Å²) in [6.45, 7) is 3.58. The Bertz CT molecular complexity index is 1280. The number of para-hydroxylation sites is 1. The second kappa shape index (κ2) is 10.3. The first kappa shape index (κ1) is 23.1. The largest absolute Gasteiger partial charge is 0.466 e. The predicted molar refractivity (Wildman–Crippen MR) is 138 cm³/mol. The number of piperidine rings is 1. The lowest BCUT2D eigenvalue weighted by molar-refractivity contribution is -0.149. The van der Waals surface area contributed by atoms with Gasteiger partial charge in [0.2, 0.25) is 0 Å². The minimum absolute atomic E-state index is 0.0822. The smallest absolute Gasteiger partial charge is 0.309 e. The lowest BCUT2D eigenvalue weighted by Gasteiger charge is -2.31. The normalized spacial score (nSPS) is 17.6. The van der Waals surface area contributed by atoms with E-state index in [1.165, 1.54) is 11.8 Å². The summed E-state index contributed by atoms with van der Waals surface area (Å²) in [6.07, 6.45) is 5.23. The summed E-state index contributed by atoms with van der Waals surface area (Å²) in [5.41, 5.74) is 3.58. The van der Waals surface area contributed by atoms with Gasteiger partial charge in [-0.05, 0) is 49.7 Å². The minimum Gasteiger partial charge on any atom is -0.466 e. The van der Waals surface area contributed by atoms with Crippen molar-refractivity contribution >= 4 is 34.9 Å². The second-order valence-corrected chi connectivity index (χ2v) is 9.41. The van der Waals surface area contributed by atoms with Crippen LogP contribution in [-0.2, 0) is 14.3 Å². The summed E-state index contributed by atoms with van der Waals surface area (Å²) < 4.78 is 6.99.